The van der Waals surface area contributed by atoms with Gasteiger partial charge in [-0.3, -0.25) is 4.79 Å². The Kier molecular flexibility index (Phi) is 6.89. The normalized spacial score (nSPS) is 20.5. The minimum atomic E-state index is 0.142. The molecule has 26 heavy (non-hydrogen) atoms. The largest absolute Gasteiger partial charge is 0.376 e. The van der Waals surface area contributed by atoms with E-state index < -0.39 is 0 Å². The number of hydrogen-bond acceptors (Lipinski definition) is 3. The molecule has 1 aromatic rings. The van der Waals surface area contributed by atoms with Crippen LogP contribution < -0.4 is 16.0 Å². The molecule has 1 heterocycles. The molecule has 1 amide bonds. The number of benzene rings is 1. The van der Waals surface area contributed by atoms with Crippen molar-refractivity contribution < 1.29 is 9.53 Å². The molecule has 2 fully saturated rings. The first-order valence-corrected chi connectivity index (χ1v) is 9.78. The Labute approximate surface area is 155 Å². The van der Waals surface area contributed by atoms with E-state index in [1.807, 2.05) is 24.3 Å². The molecule has 0 radical (unpaired) electrons. The standard InChI is InChI=1S/C20H30N4O2/c1-2-21-20(23-14-18-10-5-11-26-18)22-13-15-6-3-9-17(12-15)24-19(25)16-7-4-8-16/h3,6,9,12,16,18H,2,4-5,7-8,10-11,13-14H2,1H3,(H,24,25)(H2,21,22,23). The van der Waals surface area contributed by atoms with Gasteiger partial charge in [0.1, 0.15) is 0 Å². The number of nitrogens with zero attached hydrogens (tertiary/aromatic N) is 1. The van der Waals surface area contributed by atoms with Crippen LogP contribution in [0.2, 0.25) is 0 Å². The molecule has 3 N–H and O–H groups in total. The third kappa shape index (κ3) is 5.46. The van der Waals surface area contributed by atoms with Gasteiger partial charge in [-0.2, -0.15) is 0 Å². The SMILES string of the molecule is CCNC(=NCc1cccc(NC(=O)C2CCC2)c1)NCC1CCCO1. The van der Waals surface area contributed by atoms with Gasteiger partial charge >= 0.3 is 0 Å². The van der Waals surface area contributed by atoms with E-state index in [2.05, 4.69) is 27.9 Å². The molecule has 1 aromatic carbocycles. The first-order chi connectivity index (χ1) is 12.7. The zero-order chi connectivity index (χ0) is 18.2. The summed E-state index contributed by atoms with van der Waals surface area (Å²) in [4.78, 5) is 16.8. The van der Waals surface area contributed by atoms with Crippen molar-refractivity contribution in [1.82, 2.24) is 10.6 Å². The fourth-order valence-corrected chi connectivity index (χ4v) is 3.19. The minimum absolute atomic E-state index is 0.142. The van der Waals surface area contributed by atoms with Gasteiger partial charge in [-0.05, 0) is 50.3 Å². The lowest BCUT2D eigenvalue weighted by Gasteiger charge is -2.24. The van der Waals surface area contributed by atoms with E-state index in [0.717, 1.165) is 62.6 Å². The maximum Gasteiger partial charge on any atom is 0.227 e. The molecule has 1 saturated heterocycles. The van der Waals surface area contributed by atoms with Gasteiger partial charge in [0.15, 0.2) is 5.96 Å². The molecule has 6 heteroatoms. The molecular formula is C20H30N4O2. The van der Waals surface area contributed by atoms with Gasteiger partial charge in [-0.1, -0.05) is 18.6 Å². The molecule has 3 rings (SSSR count). The van der Waals surface area contributed by atoms with Crippen LogP contribution in [0.15, 0.2) is 29.3 Å². The van der Waals surface area contributed by atoms with E-state index >= 15 is 0 Å². The highest BCUT2D eigenvalue weighted by Crippen LogP contribution is 2.27. The van der Waals surface area contributed by atoms with E-state index in [1.54, 1.807) is 0 Å². The van der Waals surface area contributed by atoms with Crippen LogP contribution in [0.1, 0.15) is 44.6 Å². The Morgan fingerprint density at radius 3 is 2.81 bits per heavy atom. The predicted molar refractivity (Wildman–Crippen MR) is 104 cm³/mol. The number of carbonyl (C=O) groups excluding carboxylic acids is 1. The van der Waals surface area contributed by atoms with Crippen LogP contribution in [-0.4, -0.2) is 37.7 Å². The van der Waals surface area contributed by atoms with Gasteiger partial charge in [0, 0.05) is 31.3 Å². The molecule has 1 unspecified atom stereocenters. The number of amides is 1. The topological polar surface area (TPSA) is 74.8 Å². The van der Waals surface area contributed by atoms with Crippen molar-refractivity contribution in [2.24, 2.45) is 10.9 Å². The molecular weight excluding hydrogens is 328 g/mol. The molecule has 1 atom stereocenters. The second-order valence-corrected chi connectivity index (χ2v) is 7.03. The van der Waals surface area contributed by atoms with Gasteiger partial charge in [0.25, 0.3) is 0 Å². The highest BCUT2D eigenvalue weighted by Gasteiger charge is 2.25. The van der Waals surface area contributed by atoms with Crippen LogP contribution in [0.25, 0.3) is 0 Å². The summed E-state index contributed by atoms with van der Waals surface area (Å²) in [6.45, 7) is 5.07. The fourth-order valence-electron chi connectivity index (χ4n) is 3.19. The number of hydrogen-bond donors (Lipinski definition) is 3. The first-order valence-electron chi connectivity index (χ1n) is 9.78. The number of rotatable bonds is 7. The van der Waals surface area contributed by atoms with E-state index in [0.29, 0.717) is 6.54 Å². The Balaban J connectivity index is 1.53. The zero-order valence-electron chi connectivity index (χ0n) is 15.6. The summed E-state index contributed by atoms with van der Waals surface area (Å²) in [7, 11) is 0. The third-order valence-electron chi connectivity index (χ3n) is 4.96. The fraction of sp³-hybridized carbons (Fsp3) is 0.600. The minimum Gasteiger partial charge on any atom is -0.376 e. The van der Waals surface area contributed by atoms with Crippen LogP contribution in [0.3, 0.4) is 0 Å². The summed E-state index contributed by atoms with van der Waals surface area (Å²) >= 11 is 0. The molecule has 1 aliphatic heterocycles. The smallest absolute Gasteiger partial charge is 0.227 e. The molecule has 6 nitrogen and oxygen atoms in total. The van der Waals surface area contributed by atoms with Gasteiger partial charge in [-0.25, -0.2) is 4.99 Å². The predicted octanol–water partition coefficient (Wildman–Crippen LogP) is 2.66. The Bertz CT molecular complexity index is 622. The van der Waals surface area contributed by atoms with Crippen molar-refractivity contribution >= 4 is 17.6 Å². The summed E-state index contributed by atoms with van der Waals surface area (Å²) < 4.78 is 5.64. The first kappa shape index (κ1) is 18.7. The molecule has 142 valence electrons. The highest BCUT2D eigenvalue weighted by molar-refractivity contribution is 5.93. The zero-order valence-corrected chi connectivity index (χ0v) is 15.6. The summed E-state index contributed by atoms with van der Waals surface area (Å²) in [5.74, 6) is 1.13. The third-order valence-corrected chi connectivity index (χ3v) is 4.96. The van der Waals surface area contributed by atoms with E-state index in [-0.39, 0.29) is 17.9 Å². The summed E-state index contributed by atoms with van der Waals surface area (Å²) in [5, 5.41) is 9.65. The number of ether oxygens (including phenoxy) is 1. The van der Waals surface area contributed by atoms with Crippen molar-refractivity contribution in [1.29, 1.82) is 0 Å². The molecule has 2 aliphatic rings. The number of nitrogens with one attached hydrogen (secondary N) is 3. The molecule has 0 aromatic heterocycles. The van der Waals surface area contributed by atoms with Crippen LogP contribution in [0.4, 0.5) is 5.69 Å². The van der Waals surface area contributed by atoms with Gasteiger partial charge in [0.2, 0.25) is 5.91 Å². The Morgan fingerprint density at radius 2 is 2.12 bits per heavy atom. The van der Waals surface area contributed by atoms with Crippen molar-refractivity contribution in [2.75, 3.05) is 25.0 Å². The lowest BCUT2D eigenvalue weighted by molar-refractivity contribution is -0.122. The monoisotopic (exact) mass is 358 g/mol. The summed E-state index contributed by atoms with van der Waals surface area (Å²) in [6.07, 6.45) is 5.72. The van der Waals surface area contributed by atoms with Gasteiger partial charge in [0.05, 0.1) is 12.6 Å². The van der Waals surface area contributed by atoms with E-state index in [1.165, 1.54) is 6.42 Å². The van der Waals surface area contributed by atoms with Gasteiger partial charge in [-0.15, -0.1) is 0 Å². The maximum absolute atomic E-state index is 12.1. The lowest BCUT2D eigenvalue weighted by atomic mass is 9.85. The average Bonchev–Trinajstić information content (AvgIpc) is 3.09. The highest BCUT2D eigenvalue weighted by atomic mass is 16.5. The van der Waals surface area contributed by atoms with Crippen LogP contribution in [0.5, 0.6) is 0 Å². The lowest BCUT2D eigenvalue weighted by Crippen LogP contribution is -2.41. The maximum atomic E-state index is 12.1. The molecule has 1 saturated carbocycles. The van der Waals surface area contributed by atoms with Crippen LogP contribution in [-0.2, 0) is 16.1 Å². The Hall–Kier alpha value is -2.08. The number of carbonyl (C=O) groups is 1. The summed E-state index contributed by atoms with van der Waals surface area (Å²) in [6, 6.07) is 7.94. The number of aliphatic imine (C=N–C) groups is 1. The van der Waals surface area contributed by atoms with Crippen molar-refractivity contribution in [2.45, 2.75) is 51.7 Å². The van der Waals surface area contributed by atoms with Crippen molar-refractivity contribution in [3.05, 3.63) is 29.8 Å². The van der Waals surface area contributed by atoms with E-state index in [9.17, 15) is 4.79 Å². The quantitative estimate of drug-likeness (QED) is 0.517. The number of guanidine groups is 1. The molecule has 0 spiro atoms. The molecule has 0 bridgehead atoms. The van der Waals surface area contributed by atoms with Crippen LogP contribution >= 0.6 is 0 Å². The second-order valence-electron chi connectivity index (χ2n) is 7.03. The second kappa shape index (κ2) is 9.57. The van der Waals surface area contributed by atoms with E-state index in [4.69, 9.17) is 4.74 Å². The average molecular weight is 358 g/mol. The van der Waals surface area contributed by atoms with Gasteiger partial charge < -0.3 is 20.7 Å². The van der Waals surface area contributed by atoms with Crippen LogP contribution in [0, 0.1) is 5.92 Å². The Morgan fingerprint density at radius 1 is 1.23 bits per heavy atom. The molecule has 1 aliphatic carbocycles. The number of anilines is 1. The van der Waals surface area contributed by atoms with Crippen molar-refractivity contribution in [3.63, 3.8) is 0 Å². The summed E-state index contributed by atoms with van der Waals surface area (Å²) in [5.41, 5.74) is 1.93. The van der Waals surface area contributed by atoms with Crippen molar-refractivity contribution in [3.8, 4) is 0 Å².